The van der Waals surface area contributed by atoms with Crippen molar-refractivity contribution in [3.63, 3.8) is 0 Å². The van der Waals surface area contributed by atoms with Gasteiger partial charge in [-0.25, -0.2) is 4.39 Å². The van der Waals surface area contributed by atoms with Crippen LogP contribution in [0.2, 0.25) is 0 Å². The van der Waals surface area contributed by atoms with Crippen LogP contribution >= 0.6 is 15.9 Å². The molecule has 1 N–H and O–H groups in total. The van der Waals surface area contributed by atoms with E-state index in [2.05, 4.69) is 26.2 Å². The van der Waals surface area contributed by atoms with Crippen LogP contribution in [0.15, 0.2) is 41.1 Å². The average molecular weight is 339 g/mol. The molecule has 1 aromatic carbocycles. The summed E-state index contributed by atoms with van der Waals surface area (Å²) >= 11 is 3.47. The average Bonchev–Trinajstić information content (AvgIpc) is 2.45. The van der Waals surface area contributed by atoms with Gasteiger partial charge in [0, 0.05) is 12.2 Å². The molecule has 1 atom stereocenters. The maximum absolute atomic E-state index is 13.3. The quantitative estimate of drug-likeness (QED) is 0.905. The number of benzene rings is 1. The van der Waals surface area contributed by atoms with Crippen molar-refractivity contribution < 1.29 is 9.13 Å². The maximum Gasteiger partial charge on any atom is 0.141 e. The number of rotatable bonds is 5. The molecule has 0 amide bonds. The van der Waals surface area contributed by atoms with Crippen molar-refractivity contribution in [3.05, 3.63) is 58.1 Å². The molecule has 20 heavy (non-hydrogen) atoms. The van der Waals surface area contributed by atoms with Crippen molar-refractivity contribution in [3.8, 4) is 5.75 Å². The number of methoxy groups -OCH3 is 1. The monoisotopic (exact) mass is 338 g/mol. The lowest BCUT2D eigenvalue weighted by Gasteiger charge is -2.17. The molecule has 0 aliphatic carbocycles. The van der Waals surface area contributed by atoms with Gasteiger partial charge in [-0.15, -0.1) is 0 Å². The van der Waals surface area contributed by atoms with Crippen LogP contribution < -0.4 is 10.1 Å². The molecule has 0 aliphatic rings. The highest BCUT2D eigenvalue weighted by Gasteiger charge is 2.12. The molecular weight excluding hydrogens is 323 g/mol. The molecule has 1 heterocycles. The van der Waals surface area contributed by atoms with E-state index in [-0.39, 0.29) is 11.9 Å². The van der Waals surface area contributed by atoms with E-state index in [1.165, 1.54) is 12.3 Å². The van der Waals surface area contributed by atoms with E-state index in [0.29, 0.717) is 0 Å². The van der Waals surface area contributed by atoms with Crippen LogP contribution in [0.1, 0.15) is 17.2 Å². The highest BCUT2D eigenvalue weighted by molar-refractivity contribution is 9.10. The fourth-order valence-corrected chi connectivity index (χ4v) is 2.67. The molecule has 106 valence electrons. The van der Waals surface area contributed by atoms with Gasteiger partial charge in [0.05, 0.1) is 17.8 Å². The molecule has 0 aliphatic heterocycles. The first kappa shape index (κ1) is 14.9. The van der Waals surface area contributed by atoms with E-state index in [0.717, 1.165) is 27.8 Å². The Labute approximate surface area is 126 Å². The normalized spacial score (nSPS) is 12.2. The summed E-state index contributed by atoms with van der Waals surface area (Å²) in [7, 11) is 3.49. The van der Waals surface area contributed by atoms with E-state index in [1.807, 2.05) is 25.2 Å². The lowest BCUT2D eigenvalue weighted by atomic mass is 10.0. The van der Waals surface area contributed by atoms with Crippen molar-refractivity contribution in [1.82, 2.24) is 10.3 Å². The zero-order valence-electron chi connectivity index (χ0n) is 11.4. The van der Waals surface area contributed by atoms with Crippen LogP contribution in [0.25, 0.3) is 0 Å². The predicted molar refractivity (Wildman–Crippen MR) is 80.4 cm³/mol. The minimum atomic E-state index is -0.321. The predicted octanol–water partition coefficient (Wildman–Crippen LogP) is 3.50. The molecule has 0 saturated heterocycles. The summed E-state index contributed by atoms with van der Waals surface area (Å²) in [6, 6.07) is 7.44. The molecule has 2 aromatic rings. The maximum atomic E-state index is 13.3. The lowest BCUT2D eigenvalue weighted by Crippen LogP contribution is -2.19. The minimum absolute atomic E-state index is 0.0125. The molecule has 5 heteroatoms. The number of ether oxygens (including phenoxy) is 1. The van der Waals surface area contributed by atoms with Crippen LogP contribution in [0.5, 0.6) is 5.75 Å². The second kappa shape index (κ2) is 6.81. The van der Waals surface area contributed by atoms with Gasteiger partial charge in [-0.05, 0) is 58.7 Å². The van der Waals surface area contributed by atoms with Gasteiger partial charge in [0.2, 0.25) is 0 Å². The molecule has 0 saturated carbocycles. The molecular formula is C15H16BrFN2O. The zero-order chi connectivity index (χ0) is 14.5. The topological polar surface area (TPSA) is 34.1 Å². The van der Waals surface area contributed by atoms with Gasteiger partial charge in [-0.1, -0.05) is 6.07 Å². The summed E-state index contributed by atoms with van der Waals surface area (Å²) < 4.78 is 19.4. The Kier molecular flexibility index (Phi) is 5.09. The summed E-state index contributed by atoms with van der Waals surface area (Å²) in [5.74, 6) is 0.473. The molecule has 1 aromatic heterocycles. The number of hydrogen-bond donors (Lipinski definition) is 1. The number of halogens is 2. The molecule has 1 unspecified atom stereocenters. The third-order valence-corrected chi connectivity index (χ3v) is 3.75. The first-order valence-corrected chi connectivity index (χ1v) is 7.03. The number of likely N-dealkylation sites (N-methyl/N-ethyl adjacent to an activating group) is 1. The number of nitrogens with zero attached hydrogens (tertiary/aromatic N) is 1. The molecule has 3 nitrogen and oxygen atoms in total. The largest absolute Gasteiger partial charge is 0.496 e. The Morgan fingerprint density at radius 3 is 2.75 bits per heavy atom. The first-order valence-electron chi connectivity index (χ1n) is 6.24. The van der Waals surface area contributed by atoms with E-state index in [4.69, 9.17) is 4.74 Å². The molecule has 2 rings (SSSR count). The number of aromatic nitrogens is 1. The third-order valence-electron chi connectivity index (χ3n) is 3.13. The summed E-state index contributed by atoms with van der Waals surface area (Å²) in [6.07, 6.45) is 3.63. The smallest absolute Gasteiger partial charge is 0.141 e. The molecule has 0 fully saturated rings. The van der Waals surface area contributed by atoms with Crippen molar-refractivity contribution in [2.45, 2.75) is 12.5 Å². The van der Waals surface area contributed by atoms with Gasteiger partial charge in [0.1, 0.15) is 11.6 Å². The van der Waals surface area contributed by atoms with Gasteiger partial charge in [-0.2, -0.15) is 0 Å². The Balaban J connectivity index is 2.20. The SMILES string of the molecule is CNC(Cc1ccc(OC)c(Br)c1)c1cncc(F)c1. The van der Waals surface area contributed by atoms with Gasteiger partial charge >= 0.3 is 0 Å². The standard InChI is InChI=1S/C15H16BrFN2O/c1-18-14(11-7-12(17)9-19-8-11)6-10-3-4-15(20-2)13(16)5-10/h3-5,7-9,14,18H,6H2,1-2H3. The van der Waals surface area contributed by atoms with E-state index in [1.54, 1.807) is 13.3 Å². The van der Waals surface area contributed by atoms with Crippen molar-refractivity contribution in [2.75, 3.05) is 14.2 Å². The van der Waals surface area contributed by atoms with Gasteiger partial charge in [0.25, 0.3) is 0 Å². The lowest BCUT2D eigenvalue weighted by molar-refractivity contribution is 0.412. The minimum Gasteiger partial charge on any atom is -0.496 e. The Morgan fingerprint density at radius 2 is 2.15 bits per heavy atom. The van der Waals surface area contributed by atoms with Crippen LogP contribution in [0, 0.1) is 5.82 Å². The fraction of sp³-hybridized carbons (Fsp3) is 0.267. The highest BCUT2D eigenvalue weighted by Crippen LogP contribution is 2.27. The Hall–Kier alpha value is -1.46. The van der Waals surface area contributed by atoms with Crippen molar-refractivity contribution in [1.29, 1.82) is 0 Å². The van der Waals surface area contributed by atoms with Crippen LogP contribution in [-0.2, 0) is 6.42 Å². The third kappa shape index (κ3) is 3.55. The van der Waals surface area contributed by atoms with Gasteiger partial charge in [0.15, 0.2) is 0 Å². The van der Waals surface area contributed by atoms with Gasteiger partial charge in [-0.3, -0.25) is 4.98 Å². The first-order chi connectivity index (χ1) is 9.63. The van der Waals surface area contributed by atoms with E-state index < -0.39 is 0 Å². The van der Waals surface area contributed by atoms with Crippen molar-refractivity contribution >= 4 is 15.9 Å². The van der Waals surface area contributed by atoms with Crippen LogP contribution in [0.3, 0.4) is 0 Å². The van der Waals surface area contributed by atoms with Crippen molar-refractivity contribution in [2.24, 2.45) is 0 Å². The summed E-state index contributed by atoms with van der Waals surface area (Å²) in [5.41, 5.74) is 1.96. The second-order valence-corrected chi connectivity index (χ2v) is 5.31. The number of pyridine rings is 1. The summed E-state index contributed by atoms with van der Waals surface area (Å²) in [6.45, 7) is 0. The number of nitrogens with one attached hydrogen (secondary N) is 1. The van der Waals surface area contributed by atoms with Gasteiger partial charge < -0.3 is 10.1 Å². The zero-order valence-corrected chi connectivity index (χ0v) is 12.9. The summed E-state index contributed by atoms with van der Waals surface area (Å²) in [4.78, 5) is 3.90. The van der Waals surface area contributed by atoms with Crippen LogP contribution in [-0.4, -0.2) is 19.1 Å². The van der Waals surface area contributed by atoms with E-state index in [9.17, 15) is 4.39 Å². The molecule has 0 bridgehead atoms. The van der Waals surface area contributed by atoms with E-state index >= 15 is 0 Å². The second-order valence-electron chi connectivity index (χ2n) is 4.45. The molecule has 0 radical (unpaired) electrons. The fourth-order valence-electron chi connectivity index (χ4n) is 2.08. The number of hydrogen-bond acceptors (Lipinski definition) is 3. The van der Waals surface area contributed by atoms with Crippen LogP contribution in [0.4, 0.5) is 4.39 Å². The Morgan fingerprint density at radius 1 is 1.35 bits per heavy atom. The molecule has 0 spiro atoms. The highest BCUT2D eigenvalue weighted by atomic mass is 79.9. The Bertz CT molecular complexity index is 592. The summed E-state index contributed by atoms with van der Waals surface area (Å²) in [5, 5.41) is 3.19.